The fourth-order valence-electron chi connectivity index (χ4n) is 3.13. The Morgan fingerprint density at radius 2 is 1.06 bits per heavy atom. The van der Waals surface area contributed by atoms with Crippen molar-refractivity contribution in [1.82, 2.24) is 19.8 Å². The molecular weight excluding hydrogens is 416 g/mol. The lowest BCUT2D eigenvalue weighted by Gasteiger charge is -2.08. The van der Waals surface area contributed by atoms with Gasteiger partial charge in [-0.3, -0.25) is 19.2 Å². The summed E-state index contributed by atoms with van der Waals surface area (Å²) in [4.78, 5) is 47.1. The number of aromatic nitrogens is 2. The lowest BCUT2D eigenvalue weighted by Crippen LogP contribution is -2.32. The average Bonchev–Trinajstić information content (AvgIpc) is 2.76. The Balaban J connectivity index is 1.47. The molecule has 2 amide bonds. The maximum Gasteiger partial charge on any atom is 0.293 e. The summed E-state index contributed by atoms with van der Waals surface area (Å²) in [6, 6.07) is 5.58. The van der Waals surface area contributed by atoms with Gasteiger partial charge in [0, 0.05) is 25.5 Å². The number of rotatable bonds is 13. The van der Waals surface area contributed by atoms with Crippen molar-refractivity contribution in [3.63, 3.8) is 0 Å². The van der Waals surface area contributed by atoms with Crippen molar-refractivity contribution in [2.24, 2.45) is 0 Å². The van der Waals surface area contributed by atoms with Crippen LogP contribution in [-0.4, -0.2) is 44.3 Å². The SMILES string of the molecule is O=C(Cn1cccc(O)c1=O)NCCCCCCCCNC(=O)Cn1cccc(O)c1=O. The summed E-state index contributed by atoms with van der Waals surface area (Å²) in [6.07, 6.45) is 8.50. The minimum absolute atomic E-state index is 0.126. The molecule has 2 heterocycles. The lowest BCUT2D eigenvalue weighted by molar-refractivity contribution is -0.122. The Kier molecular flexibility index (Phi) is 10.0. The molecule has 0 unspecified atom stereocenters. The van der Waals surface area contributed by atoms with Gasteiger partial charge in [-0.1, -0.05) is 25.7 Å². The van der Waals surface area contributed by atoms with Gasteiger partial charge in [0.05, 0.1) is 0 Å². The fourth-order valence-corrected chi connectivity index (χ4v) is 3.13. The van der Waals surface area contributed by atoms with Crippen LogP contribution >= 0.6 is 0 Å². The highest BCUT2D eigenvalue weighted by Crippen LogP contribution is 2.05. The average molecular weight is 447 g/mol. The summed E-state index contributed by atoms with van der Waals surface area (Å²) in [7, 11) is 0. The van der Waals surface area contributed by atoms with E-state index in [1.165, 1.54) is 36.7 Å². The van der Waals surface area contributed by atoms with E-state index in [1.807, 2.05) is 0 Å². The molecule has 0 saturated heterocycles. The largest absolute Gasteiger partial charge is 0.503 e. The maximum atomic E-state index is 11.9. The third kappa shape index (κ3) is 8.29. The van der Waals surface area contributed by atoms with E-state index in [9.17, 15) is 29.4 Å². The molecule has 0 atom stereocenters. The standard InChI is InChI=1S/C22H30N4O6/c27-17-9-7-13-25(21(17)31)15-19(29)23-11-5-3-1-2-4-6-12-24-20(30)16-26-14-8-10-18(28)22(26)32/h7-10,13-14,27-28H,1-6,11-12,15-16H2,(H,23,29)(H,24,30). The number of carbonyl (C=O) groups excluding carboxylic acids is 2. The molecular formula is C22H30N4O6. The first-order valence-corrected chi connectivity index (χ1v) is 10.7. The van der Waals surface area contributed by atoms with E-state index in [1.54, 1.807) is 0 Å². The number of aromatic hydroxyl groups is 2. The van der Waals surface area contributed by atoms with Crippen LogP contribution in [0.1, 0.15) is 38.5 Å². The minimum atomic E-state index is -0.591. The fraction of sp³-hybridized carbons (Fsp3) is 0.455. The van der Waals surface area contributed by atoms with E-state index in [0.717, 1.165) is 47.7 Å². The number of amides is 2. The minimum Gasteiger partial charge on any atom is -0.503 e. The van der Waals surface area contributed by atoms with E-state index < -0.39 is 11.1 Å². The first-order chi connectivity index (χ1) is 15.4. The zero-order valence-corrected chi connectivity index (χ0v) is 18.0. The van der Waals surface area contributed by atoms with Gasteiger partial charge in [-0.2, -0.15) is 0 Å². The number of hydrogen-bond donors (Lipinski definition) is 4. The molecule has 0 spiro atoms. The lowest BCUT2D eigenvalue weighted by atomic mass is 10.1. The van der Waals surface area contributed by atoms with Gasteiger partial charge in [0.2, 0.25) is 11.8 Å². The first kappa shape index (κ1) is 24.7. The van der Waals surface area contributed by atoms with Crippen molar-refractivity contribution in [1.29, 1.82) is 0 Å². The molecule has 4 N–H and O–H groups in total. The Morgan fingerprint density at radius 1 is 0.688 bits per heavy atom. The van der Waals surface area contributed by atoms with E-state index in [2.05, 4.69) is 10.6 Å². The molecule has 32 heavy (non-hydrogen) atoms. The molecule has 2 rings (SSSR count). The molecule has 2 aromatic heterocycles. The molecule has 0 aliphatic carbocycles. The second-order valence-corrected chi connectivity index (χ2v) is 7.47. The number of pyridine rings is 2. The maximum absolute atomic E-state index is 11.9. The van der Waals surface area contributed by atoms with Gasteiger partial charge in [0.25, 0.3) is 11.1 Å². The summed E-state index contributed by atoms with van der Waals surface area (Å²) in [5.41, 5.74) is -1.18. The van der Waals surface area contributed by atoms with Gasteiger partial charge in [0.1, 0.15) is 13.1 Å². The van der Waals surface area contributed by atoms with Crippen LogP contribution in [0, 0.1) is 0 Å². The summed E-state index contributed by atoms with van der Waals surface area (Å²) < 4.78 is 2.32. The molecule has 2 aromatic rings. The quantitative estimate of drug-likeness (QED) is 0.334. The number of nitrogens with zero attached hydrogens (tertiary/aromatic N) is 2. The predicted molar refractivity (Wildman–Crippen MR) is 118 cm³/mol. The number of unbranched alkanes of at least 4 members (excludes halogenated alkanes) is 5. The Bertz CT molecular complexity index is 932. The number of nitrogens with one attached hydrogen (secondary N) is 2. The smallest absolute Gasteiger partial charge is 0.293 e. The summed E-state index contributed by atoms with van der Waals surface area (Å²) in [6.45, 7) is 0.797. The zero-order chi connectivity index (χ0) is 23.3. The Labute approximate surface area is 185 Å². The van der Waals surface area contributed by atoms with Crippen molar-refractivity contribution in [3.05, 3.63) is 57.4 Å². The number of carbonyl (C=O) groups is 2. The molecule has 0 fully saturated rings. The molecule has 10 heteroatoms. The van der Waals surface area contributed by atoms with Gasteiger partial charge in [0.15, 0.2) is 11.5 Å². The molecule has 0 radical (unpaired) electrons. The third-order valence-corrected chi connectivity index (χ3v) is 4.88. The van der Waals surface area contributed by atoms with Crippen LogP contribution < -0.4 is 21.8 Å². The highest BCUT2D eigenvalue weighted by Gasteiger charge is 2.07. The van der Waals surface area contributed by atoms with Crippen molar-refractivity contribution < 1.29 is 19.8 Å². The topological polar surface area (TPSA) is 143 Å². The van der Waals surface area contributed by atoms with Gasteiger partial charge in [-0.25, -0.2) is 0 Å². The van der Waals surface area contributed by atoms with Crippen LogP contribution in [0.25, 0.3) is 0 Å². The van der Waals surface area contributed by atoms with Crippen LogP contribution in [-0.2, 0) is 22.7 Å². The van der Waals surface area contributed by atoms with Crippen LogP contribution in [0.15, 0.2) is 46.2 Å². The van der Waals surface area contributed by atoms with E-state index in [4.69, 9.17) is 0 Å². The van der Waals surface area contributed by atoms with E-state index >= 15 is 0 Å². The normalized spacial score (nSPS) is 10.6. The van der Waals surface area contributed by atoms with E-state index in [0.29, 0.717) is 13.1 Å². The van der Waals surface area contributed by atoms with E-state index in [-0.39, 0.29) is 36.4 Å². The molecule has 174 valence electrons. The van der Waals surface area contributed by atoms with Gasteiger partial charge >= 0.3 is 0 Å². The zero-order valence-electron chi connectivity index (χ0n) is 18.0. The summed E-state index contributed by atoms with van der Waals surface area (Å²) in [5, 5.41) is 24.2. The first-order valence-electron chi connectivity index (χ1n) is 10.7. The van der Waals surface area contributed by atoms with Crippen LogP contribution in [0.4, 0.5) is 0 Å². The molecule has 0 saturated carbocycles. The molecule has 0 aliphatic rings. The second-order valence-electron chi connectivity index (χ2n) is 7.47. The van der Waals surface area contributed by atoms with Crippen LogP contribution in [0.2, 0.25) is 0 Å². The molecule has 0 aromatic carbocycles. The molecule has 10 nitrogen and oxygen atoms in total. The van der Waals surface area contributed by atoms with Crippen LogP contribution in [0.5, 0.6) is 11.5 Å². The van der Waals surface area contributed by atoms with Crippen molar-refractivity contribution in [2.75, 3.05) is 13.1 Å². The molecule has 0 bridgehead atoms. The summed E-state index contributed by atoms with van der Waals surface area (Å²) in [5.74, 6) is -1.32. The Morgan fingerprint density at radius 3 is 1.47 bits per heavy atom. The van der Waals surface area contributed by atoms with Gasteiger partial charge in [-0.15, -0.1) is 0 Å². The summed E-state index contributed by atoms with van der Waals surface area (Å²) >= 11 is 0. The highest BCUT2D eigenvalue weighted by atomic mass is 16.3. The Hall–Kier alpha value is -3.56. The van der Waals surface area contributed by atoms with Crippen molar-refractivity contribution in [3.8, 4) is 11.5 Å². The second kappa shape index (κ2) is 13.0. The number of hydrogen-bond acceptors (Lipinski definition) is 6. The molecule has 0 aliphatic heterocycles. The van der Waals surface area contributed by atoms with Crippen LogP contribution in [0.3, 0.4) is 0 Å². The van der Waals surface area contributed by atoms with Crippen molar-refractivity contribution in [2.45, 2.75) is 51.6 Å². The van der Waals surface area contributed by atoms with Gasteiger partial charge < -0.3 is 30.0 Å². The predicted octanol–water partition coefficient (Wildman–Crippen LogP) is 0.694. The van der Waals surface area contributed by atoms with Gasteiger partial charge in [-0.05, 0) is 37.1 Å². The van der Waals surface area contributed by atoms with Crippen molar-refractivity contribution >= 4 is 11.8 Å². The monoisotopic (exact) mass is 446 g/mol. The highest BCUT2D eigenvalue weighted by molar-refractivity contribution is 5.76. The third-order valence-electron chi connectivity index (χ3n) is 4.88.